The summed E-state index contributed by atoms with van der Waals surface area (Å²) in [5, 5.41) is 8.49. The first-order chi connectivity index (χ1) is 11.1. The van der Waals surface area contributed by atoms with Gasteiger partial charge in [0.15, 0.2) is 5.82 Å². The second kappa shape index (κ2) is 6.97. The van der Waals surface area contributed by atoms with Gasteiger partial charge in [-0.25, -0.2) is 0 Å². The Kier molecular flexibility index (Phi) is 4.96. The lowest BCUT2D eigenvalue weighted by Crippen LogP contribution is -2.44. The van der Waals surface area contributed by atoms with Gasteiger partial charge in [-0.15, -0.1) is 10.2 Å². The van der Waals surface area contributed by atoms with Crippen molar-refractivity contribution in [3.8, 4) is 0 Å². The van der Waals surface area contributed by atoms with E-state index in [1.165, 1.54) is 0 Å². The van der Waals surface area contributed by atoms with E-state index in [-0.39, 0.29) is 12.0 Å². The maximum atomic E-state index is 12.6. The number of carbonyl (C=O) groups excluding carboxylic acids is 1. The lowest BCUT2D eigenvalue weighted by molar-refractivity contribution is -0.146. The van der Waals surface area contributed by atoms with E-state index in [1.807, 2.05) is 11.8 Å². The van der Waals surface area contributed by atoms with Gasteiger partial charge in [0.25, 0.3) is 5.91 Å². The molecule has 1 amide bonds. The predicted octanol–water partition coefficient (Wildman–Crippen LogP) is 1.33. The van der Waals surface area contributed by atoms with Gasteiger partial charge in [-0.2, -0.15) is 0 Å². The van der Waals surface area contributed by atoms with E-state index in [4.69, 9.17) is 9.47 Å². The molecule has 7 nitrogen and oxygen atoms in total. The normalized spacial score (nSPS) is 22.4. The van der Waals surface area contributed by atoms with Crippen LogP contribution in [0.1, 0.15) is 51.2 Å². The second-order valence-corrected chi connectivity index (χ2v) is 6.65. The zero-order valence-corrected chi connectivity index (χ0v) is 14.2. The number of rotatable bonds is 5. The lowest BCUT2D eigenvalue weighted by Gasteiger charge is -2.30. The van der Waals surface area contributed by atoms with Crippen molar-refractivity contribution >= 4 is 5.91 Å². The fraction of sp³-hybridized carbons (Fsp3) is 0.812. The van der Waals surface area contributed by atoms with Crippen molar-refractivity contribution in [2.24, 2.45) is 0 Å². The molecule has 23 heavy (non-hydrogen) atoms. The number of nitrogens with zero attached hydrogens (tertiary/aromatic N) is 4. The smallest absolute Gasteiger partial charge is 0.251 e. The molecule has 2 atom stereocenters. The van der Waals surface area contributed by atoms with E-state index in [1.54, 1.807) is 0 Å². The Morgan fingerprint density at radius 2 is 2.17 bits per heavy atom. The summed E-state index contributed by atoms with van der Waals surface area (Å²) >= 11 is 0. The zero-order valence-electron chi connectivity index (χ0n) is 14.2. The minimum absolute atomic E-state index is 0.0170. The molecule has 1 saturated heterocycles. The van der Waals surface area contributed by atoms with Crippen molar-refractivity contribution in [3.05, 3.63) is 11.6 Å². The van der Waals surface area contributed by atoms with Gasteiger partial charge >= 0.3 is 0 Å². The van der Waals surface area contributed by atoms with Crippen LogP contribution in [0.15, 0.2) is 0 Å². The Balaban J connectivity index is 1.55. The number of hydrogen-bond donors (Lipinski definition) is 0. The summed E-state index contributed by atoms with van der Waals surface area (Å²) in [6, 6.07) is 0. The third-order valence-corrected chi connectivity index (χ3v) is 4.51. The summed E-state index contributed by atoms with van der Waals surface area (Å²) in [6.45, 7) is 9.26. The number of fused-ring (bicyclic) bond motifs is 1. The highest BCUT2D eigenvalue weighted by Crippen LogP contribution is 2.19. The molecule has 7 heteroatoms. The SMILES string of the molecule is CC(C)c1nnc2n1CCN(C(=O)[C@H](C)OC[C@@H]1CCCO1)C2. The summed E-state index contributed by atoms with van der Waals surface area (Å²) in [4.78, 5) is 14.4. The van der Waals surface area contributed by atoms with E-state index in [0.717, 1.165) is 37.6 Å². The average molecular weight is 322 g/mol. The van der Waals surface area contributed by atoms with E-state index < -0.39 is 6.10 Å². The van der Waals surface area contributed by atoms with Gasteiger partial charge in [-0.3, -0.25) is 4.79 Å². The second-order valence-electron chi connectivity index (χ2n) is 6.65. The molecule has 3 heterocycles. The zero-order chi connectivity index (χ0) is 16.4. The van der Waals surface area contributed by atoms with E-state index in [2.05, 4.69) is 28.6 Å². The van der Waals surface area contributed by atoms with Crippen LogP contribution in [0.5, 0.6) is 0 Å². The van der Waals surface area contributed by atoms with Crippen molar-refractivity contribution in [2.45, 2.75) is 64.8 Å². The van der Waals surface area contributed by atoms with Gasteiger partial charge in [-0.05, 0) is 19.8 Å². The van der Waals surface area contributed by atoms with E-state index >= 15 is 0 Å². The van der Waals surface area contributed by atoms with Crippen molar-refractivity contribution in [2.75, 3.05) is 19.8 Å². The molecule has 0 spiro atoms. The van der Waals surface area contributed by atoms with Crippen molar-refractivity contribution in [1.29, 1.82) is 0 Å². The maximum absolute atomic E-state index is 12.6. The molecule has 1 aromatic heterocycles. The molecule has 0 bridgehead atoms. The molecule has 3 rings (SSSR count). The monoisotopic (exact) mass is 322 g/mol. The third-order valence-electron chi connectivity index (χ3n) is 4.51. The first kappa shape index (κ1) is 16.4. The summed E-state index contributed by atoms with van der Waals surface area (Å²) < 4.78 is 13.4. The van der Waals surface area contributed by atoms with Crippen LogP contribution < -0.4 is 0 Å². The molecule has 1 aromatic rings. The van der Waals surface area contributed by atoms with Crippen LogP contribution in [-0.4, -0.2) is 57.5 Å². The molecule has 0 aliphatic carbocycles. The van der Waals surface area contributed by atoms with Gasteiger partial charge in [0, 0.05) is 25.6 Å². The average Bonchev–Trinajstić information content (AvgIpc) is 3.20. The van der Waals surface area contributed by atoms with Gasteiger partial charge < -0.3 is 18.9 Å². The molecule has 2 aliphatic heterocycles. The van der Waals surface area contributed by atoms with Gasteiger partial charge in [0.1, 0.15) is 11.9 Å². The summed E-state index contributed by atoms with van der Waals surface area (Å²) in [5.74, 6) is 2.21. The van der Waals surface area contributed by atoms with Crippen molar-refractivity contribution in [1.82, 2.24) is 19.7 Å². The lowest BCUT2D eigenvalue weighted by atomic mass is 10.2. The molecule has 1 fully saturated rings. The topological polar surface area (TPSA) is 69.5 Å². The molecular formula is C16H26N4O3. The van der Waals surface area contributed by atoms with E-state index in [0.29, 0.717) is 25.6 Å². The highest BCUT2D eigenvalue weighted by molar-refractivity contribution is 5.80. The minimum atomic E-state index is -0.446. The van der Waals surface area contributed by atoms with Crippen LogP contribution >= 0.6 is 0 Å². The number of ether oxygens (including phenoxy) is 2. The van der Waals surface area contributed by atoms with Crippen LogP contribution in [0.3, 0.4) is 0 Å². The molecule has 0 radical (unpaired) electrons. The number of hydrogen-bond acceptors (Lipinski definition) is 5. The summed E-state index contributed by atoms with van der Waals surface area (Å²) in [6.07, 6.45) is 1.80. The Labute approximate surface area is 137 Å². The van der Waals surface area contributed by atoms with Gasteiger partial charge in [-0.1, -0.05) is 13.8 Å². The number of aromatic nitrogens is 3. The quantitative estimate of drug-likeness (QED) is 0.818. The fourth-order valence-electron chi connectivity index (χ4n) is 3.15. The van der Waals surface area contributed by atoms with Crippen LogP contribution in [0, 0.1) is 0 Å². The highest BCUT2D eigenvalue weighted by atomic mass is 16.5. The van der Waals surface area contributed by atoms with Crippen LogP contribution in [-0.2, 0) is 27.4 Å². The van der Waals surface area contributed by atoms with Crippen LogP contribution in [0.4, 0.5) is 0 Å². The minimum Gasteiger partial charge on any atom is -0.376 e. The molecule has 0 saturated carbocycles. The van der Waals surface area contributed by atoms with Crippen molar-refractivity contribution < 1.29 is 14.3 Å². The van der Waals surface area contributed by atoms with Crippen LogP contribution in [0.2, 0.25) is 0 Å². The van der Waals surface area contributed by atoms with E-state index in [9.17, 15) is 4.79 Å². The molecule has 0 N–H and O–H groups in total. The van der Waals surface area contributed by atoms with Crippen LogP contribution in [0.25, 0.3) is 0 Å². The Bertz CT molecular complexity index is 552. The maximum Gasteiger partial charge on any atom is 0.251 e. The summed E-state index contributed by atoms with van der Waals surface area (Å²) in [7, 11) is 0. The fourth-order valence-corrected chi connectivity index (χ4v) is 3.15. The third kappa shape index (κ3) is 3.55. The van der Waals surface area contributed by atoms with Gasteiger partial charge in [0.2, 0.25) is 0 Å². The molecule has 128 valence electrons. The standard InChI is InChI=1S/C16H26N4O3/c1-11(2)15-18-17-14-9-19(6-7-20(14)15)16(21)12(3)23-10-13-5-4-8-22-13/h11-13H,4-10H2,1-3H3/t12-,13-/m0/s1. The Morgan fingerprint density at radius 3 is 2.87 bits per heavy atom. The molecule has 0 unspecified atom stereocenters. The summed E-state index contributed by atoms with van der Waals surface area (Å²) in [5.41, 5.74) is 0. The first-order valence-electron chi connectivity index (χ1n) is 8.50. The largest absolute Gasteiger partial charge is 0.376 e. The van der Waals surface area contributed by atoms with Crippen molar-refractivity contribution in [3.63, 3.8) is 0 Å². The molecular weight excluding hydrogens is 296 g/mol. The Hall–Kier alpha value is -1.47. The van der Waals surface area contributed by atoms with Gasteiger partial charge in [0.05, 0.1) is 19.3 Å². The highest BCUT2D eigenvalue weighted by Gasteiger charge is 2.29. The number of carbonyl (C=O) groups is 1. The molecule has 0 aromatic carbocycles. The number of amides is 1. The predicted molar refractivity (Wildman–Crippen MR) is 83.9 cm³/mol. The first-order valence-corrected chi connectivity index (χ1v) is 8.50. The molecule has 2 aliphatic rings. The Morgan fingerprint density at radius 1 is 1.35 bits per heavy atom.